The van der Waals surface area contributed by atoms with Crippen molar-refractivity contribution in [3.8, 4) is 0 Å². The van der Waals surface area contributed by atoms with E-state index in [0.29, 0.717) is 6.04 Å². The summed E-state index contributed by atoms with van der Waals surface area (Å²) in [6, 6.07) is 0.449. The van der Waals surface area contributed by atoms with Crippen molar-refractivity contribution in [1.29, 1.82) is 0 Å². The lowest BCUT2D eigenvalue weighted by molar-refractivity contribution is -0.185. The quantitative estimate of drug-likeness (QED) is 0.814. The van der Waals surface area contributed by atoms with Crippen LogP contribution in [0.25, 0.3) is 0 Å². The van der Waals surface area contributed by atoms with Crippen molar-refractivity contribution < 1.29 is 9.53 Å². The van der Waals surface area contributed by atoms with E-state index >= 15 is 0 Å². The number of likely N-dealkylation sites (tertiary alicyclic amines) is 1. The first-order valence-electron chi connectivity index (χ1n) is 8.16. The molecule has 3 fully saturated rings. The molecule has 0 bridgehead atoms. The number of hydrogen-bond donors (Lipinski definition) is 1. The number of ether oxygens (including phenoxy) is 1. The van der Waals surface area contributed by atoms with Gasteiger partial charge < -0.3 is 20.3 Å². The highest BCUT2D eigenvalue weighted by Crippen LogP contribution is 2.58. The fourth-order valence-electron chi connectivity index (χ4n) is 4.64. The molecule has 0 spiro atoms. The minimum Gasteiger partial charge on any atom is -0.377 e. The Labute approximate surface area is 127 Å². The molecular weight excluding hydrogens is 266 g/mol. The van der Waals surface area contributed by atoms with Crippen molar-refractivity contribution in [2.75, 3.05) is 33.8 Å². The van der Waals surface area contributed by atoms with Gasteiger partial charge in [-0.05, 0) is 33.4 Å². The summed E-state index contributed by atoms with van der Waals surface area (Å²) in [5.41, 5.74) is 5.66. The van der Waals surface area contributed by atoms with Crippen LogP contribution in [0.2, 0.25) is 0 Å². The lowest BCUT2D eigenvalue weighted by Gasteiger charge is -2.62. The molecule has 4 atom stereocenters. The average Bonchev–Trinajstić information content (AvgIpc) is 2.94. The van der Waals surface area contributed by atoms with Crippen LogP contribution in [0.5, 0.6) is 0 Å². The van der Waals surface area contributed by atoms with Crippen molar-refractivity contribution in [1.82, 2.24) is 9.80 Å². The van der Waals surface area contributed by atoms with Crippen LogP contribution in [0.15, 0.2) is 0 Å². The van der Waals surface area contributed by atoms with Crippen LogP contribution in [0.1, 0.15) is 33.1 Å². The number of nitrogens with two attached hydrogens (primary N) is 1. The smallest absolute Gasteiger partial charge is 0.243 e. The summed E-state index contributed by atoms with van der Waals surface area (Å²) in [6.45, 7) is 6.57. The molecule has 0 radical (unpaired) electrons. The van der Waals surface area contributed by atoms with Gasteiger partial charge in [0.25, 0.3) is 0 Å². The van der Waals surface area contributed by atoms with Gasteiger partial charge in [0.2, 0.25) is 5.91 Å². The van der Waals surface area contributed by atoms with Crippen molar-refractivity contribution in [2.24, 2.45) is 17.1 Å². The third-order valence-corrected chi connectivity index (χ3v) is 6.22. The van der Waals surface area contributed by atoms with Gasteiger partial charge in [-0.15, -0.1) is 0 Å². The molecule has 1 aliphatic carbocycles. The highest BCUT2D eigenvalue weighted by atomic mass is 16.5. The fourth-order valence-corrected chi connectivity index (χ4v) is 4.64. The topological polar surface area (TPSA) is 58.8 Å². The van der Waals surface area contributed by atoms with E-state index < -0.39 is 5.54 Å². The van der Waals surface area contributed by atoms with E-state index in [4.69, 9.17) is 10.5 Å². The Hall–Kier alpha value is -0.650. The van der Waals surface area contributed by atoms with Crippen molar-refractivity contribution in [2.45, 2.75) is 50.8 Å². The molecule has 2 N–H and O–H groups in total. The zero-order chi connectivity index (χ0) is 15.4. The lowest BCUT2D eigenvalue weighted by atomic mass is 9.47. The third kappa shape index (κ3) is 1.97. The second-order valence-electron chi connectivity index (χ2n) is 7.79. The van der Waals surface area contributed by atoms with E-state index in [0.717, 1.165) is 39.0 Å². The fraction of sp³-hybridized carbons (Fsp3) is 0.938. The summed E-state index contributed by atoms with van der Waals surface area (Å²) in [5.74, 6) is 0.338. The van der Waals surface area contributed by atoms with Crippen molar-refractivity contribution in [3.05, 3.63) is 0 Å². The standard InChI is InChI=1S/C16H29N3O2/c1-15(2)13-12(7-9-21-13)16(15,17)14(20)19-8-5-6-11(10-19)18(3)4/h11-13H,5-10,17H2,1-4H3. The van der Waals surface area contributed by atoms with Crippen LogP contribution < -0.4 is 5.73 Å². The Morgan fingerprint density at radius 2 is 2.05 bits per heavy atom. The summed E-state index contributed by atoms with van der Waals surface area (Å²) < 4.78 is 5.80. The minimum atomic E-state index is -0.748. The second kappa shape index (κ2) is 4.93. The largest absolute Gasteiger partial charge is 0.377 e. The highest BCUT2D eigenvalue weighted by Gasteiger charge is 2.71. The van der Waals surface area contributed by atoms with Crippen LogP contribution in [0, 0.1) is 11.3 Å². The maximum Gasteiger partial charge on any atom is 0.243 e. The van der Waals surface area contributed by atoms with Crippen molar-refractivity contribution >= 4 is 5.91 Å². The van der Waals surface area contributed by atoms with E-state index in [-0.39, 0.29) is 23.3 Å². The SMILES string of the molecule is CN(C)C1CCCN(C(=O)C2(N)C3CCOC3C2(C)C)C1. The second-order valence-corrected chi connectivity index (χ2v) is 7.79. The molecule has 2 saturated heterocycles. The zero-order valence-electron chi connectivity index (χ0n) is 13.8. The number of hydrogen-bond acceptors (Lipinski definition) is 4. The maximum atomic E-state index is 13.2. The van der Waals surface area contributed by atoms with Gasteiger partial charge in [-0.2, -0.15) is 0 Å². The third-order valence-electron chi connectivity index (χ3n) is 6.22. The van der Waals surface area contributed by atoms with Crippen LogP contribution in [-0.4, -0.2) is 67.2 Å². The van der Waals surface area contributed by atoms with E-state index in [1.54, 1.807) is 0 Å². The van der Waals surface area contributed by atoms with Gasteiger partial charge in [-0.3, -0.25) is 4.79 Å². The molecule has 0 aromatic carbocycles. The lowest BCUT2D eigenvalue weighted by Crippen LogP contribution is -2.80. The van der Waals surface area contributed by atoms with Gasteiger partial charge in [0.1, 0.15) is 5.54 Å². The van der Waals surface area contributed by atoms with Gasteiger partial charge in [0, 0.05) is 37.1 Å². The van der Waals surface area contributed by atoms with E-state index in [2.05, 4.69) is 32.8 Å². The molecule has 1 amide bonds. The molecule has 1 saturated carbocycles. The van der Waals surface area contributed by atoms with E-state index in [1.807, 2.05) is 4.90 Å². The number of nitrogens with zero attached hydrogens (tertiary/aromatic N) is 2. The number of fused-ring (bicyclic) bond motifs is 1. The number of carbonyl (C=O) groups is 1. The molecule has 120 valence electrons. The van der Waals surface area contributed by atoms with Crippen LogP contribution >= 0.6 is 0 Å². The Morgan fingerprint density at radius 3 is 2.71 bits per heavy atom. The van der Waals surface area contributed by atoms with E-state index in [1.165, 1.54) is 0 Å². The number of piperidine rings is 1. The van der Waals surface area contributed by atoms with Gasteiger partial charge in [0.05, 0.1) is 6.10 Å². The van der Waals surface area contributed by atoms with Crippen LogP contribution in [-0.2, 0) is 9.53 Å². The molecule has 0 aromatic rings. The predicted molar refractivity (Wildman–Crippen MR) is 81.8 cm³/mol. The first kappa shape index (κ1) is 15.3. The van der Waals surface area contributed by atoms with Crippen LogP contribution in [0.3, 0.4) is 0 Å². The molecule has 5 heteroatoms. The monoisotopic (exact) mass is 295 g/mol. The minimum absolute atomic E-state index is 0.144. The molecule has 0 aromatic heterocycles. The zero-order valence-corrected chi connectivity index (χ0v) is 13.8. The Bertz CT molecular complexity index is 437. The van der Waals surface area contributed by atoms with Gasteiger partial charge in [-0.1, -0.05) is 13.8 Å². The molecule has 5 nitrogen and oxygen atoms in total. The first-order chi connectivity index (χ1) is 9.80. The maximum absolute atomic E-state index is 13.2. The molecule has 3 aliphatic rings. The summed E-state index contributed by atoms with van der Waals surface area (Å²) in [4.78, 5) is 17.4. The molecule has 2 heterocycles. The molecule has 3 rings (SSSR count). The average molecular weight is 295 g/mol. The molecular formula is C16H29N3O2. The van der Waals surface area contributed by atoms with Crippen LogP contribution in [0.4, 0.5) is 0 Å². The molecule has 2 aliphatic heterocycles. The van der Waals surface area contributed by atoms with Gasteiger partial charge >= 0.3 is 0 Å². The Kier molecular flexibility index (Phi) is 3.58. The Balaban J connectivity index is 1.78. The summed E-state index contributed by atoms with van der Waals surface area (Å²) >= 11 is 0. The van der Waals surface area contributed by atoms with Crippen molar-refractivity contribution in [3.63, 3.8) is 0 Å². The predicted octanol–water partition coefficient (Wildman–Crippen LogP) is 0.681. The number of likely N-dealkylation sites (N-methyl/N-ethyl adjacent to an activating group) is 1. The Morgan fingerprint density at radius 1 is 1.33 bits per heavy atom. The highest BCUT2D eigenvalue weighted by molar-refractivity contribution is 5.89. The molecule has 4 unspecified atom stereocenters. The van der Waals surface area contributed by atoms with Gasteiger partial charge in [0.15, 0.2) is 0 Å². The van der Waals surface area contributed by atoms with E-state index in [9.17, 15) is 4.79 Å². The number of rotatable bonds is 2. The summed E-state index contributed by atoms with van der Waals surface area (Å²) in [5, 5.41) is 0. The first-order valence-corrected chi connectivity index (χ1v) is 8.16. The number of amides is 1. The summed E-state index contributed by atoms with van der Waals surface area (Å²) in [7, 11) is 4.18. The number of carbonyl (C=O) groups excluding carboxylic acids is 1. The summed E-state index contributed by atoms with van der Waals surface area (Å²) in [6.07, 6.45) is 3.30. The normalized spacial score (nSPS) is 41.8. The molecule has 21 heavy (non-hydrogen) atoms. The van der Waals surface area contributed by atoms with Gasteiger partial charge in [-0.25, -0.2) is 0 Å².